The molecule has 1 saturated carbocycles. The minimum Gasteiger partial charge on any atom is -0.482 e. The number of hydrogen-bond donors (Lipinski definition) is 0. The van der Waals surface area contributed by atoms with Gasteiger partial charge in [-0.15, -0.1) is 10.2 Å². The fourth-order valence-corrected chi connectivity index (χ4v) is 4.90. The highest BCUT2D eigenvalue weighted by Crippen LogP contribution is 2.37. The lowest BCUT2D eigenvalue weighted by molar-refractivity contribution is 0.112. The molecule has 0 aromatic carbocycles. The van der Waals surface area contributed by atoms with Crippen molar-refractivity contribution in [1.82, 2.24) is 29.1 Å². The molecule has 0 amide bonds. The number of aromatic nitrogens is 6. The minimum atomic E-state index is 0.130. The second-order valence-electron chi connectivity index (χ2n) is 9.74. The monoisotopic (exact) mass is 484 g/mol. The van der Waals surface area contributed by atoms with E-state index in [0.29, 0.717) is 41.2 Å². The van der Waals surface area contributed by atoms with Crippen LogP contribution in [0.15, 0.2) is 34.7 Å². The molecule has 0 saturated heterocycles. The molecule has 1 fully saturated rings. The van der Waals surface area contributed by atoms with Crippen LogP contribution in [-0.2, 0) is 13.0 Å². The number of imidazole rings is 1. The third-order valence-corrected chi connectivity index (χ3v) is 6.98. The third kappa shape index (κ3) is 3.84. The molecule has 9 heteroatoms. The zero-order valence-electron chi connectivity index (χ0n) is 20.9. The van der Waals surface area contributed by atoms with Gasteiger partial charge in [0.1, 0.15) is 23.3 Å². The number of hydrogen-bond acceptors (Lipinski definition) is 7. The summed E-state index contributed by atoms with van der Waals surface area (Å²) in [5.41, 5.74) is 6.02. The van der Waals surface area contributed by atoms with Gasteiger partial charge in [-0.2, -0.15) is 0 Å². The van der Waals surface area contributed by atoms with E-state index < -0.39 is 0 Å². The van der Waals surface area contributed by atoms with Gasteiger partial charge in [0.25, 0.3) is 0 Å². The van der Waals surface area contributed by atoms with Crippen LogP contribution in [0.2, 0.25) is 0 Å². The number of nitrogens with zero attached hydrogens (tertiary/aromatic N) is 6. The second kappa shape index (κ2) is 8.58. The third-order valence-electron chi connectivity index (χ3n) is 6.98. The van der Waals surface area contributed by atoms with Crippen LogP contribution >= 0.6 is 0 Å². The Hall–Kier alpha value is -4.01. The maximum atomic E-state index is 11.5. The molecular weight excluding hydrogens is 456 g/mol. The maximum absolute atomic E-state index is 11.5. The zero-order valence-corrected chi connectivity index (χ0v) is 20.9. The lowest BCUT2D eigenvalue weighted by Crippen LogP contribution is -2.06. The number of methoxy groups -OCH3 is 1. The van der Waals surface area contributed by atoms with Gasteiger partial charge in [-0.05, 0) is 49.9 Å². The highest BCUT2D eigenvalue weighted by Gasteiger charge is 2.27. The maximum Gasteiger partial charge on any atom is 0.217 e. The zero-order chi connectivity index (χ0) is 25.0. The first-order valence-electron chi connectivity index (χ1n) is 12.3. The van der Waals surface area contributed by atoms with E-state index >= 15 is 0 Å². The number of pyridine rings is 2. The van der Waals surface area contributed by atoms with Crippen molar-refractivity contribution in [2.75, 3.05) is 7.11 Å². The van der Waals surface area contributed by atoms with Gasteiger partial charge in [0.15, 0.2) is 5.88 Å². The summed E-state index contributed by atoms with van der Waals surface area (Å²) in [6, 6.07) is 9.91. The Morgan fingerprint density at radius 3 is 2.69 bits per heavy atom. The SMILES string of the molecule is COc1cc(C=O)cc2nc(-c3cc4ccc(C(C)Cc5nnc(C)o5)nc4n3CC3CC3)c(C)n12. The van der Waals surface area contributed by atoms with Gasteiger partial charge in [0.2, 0.25) is 11.8 Å². The Labute approximate surface area is 208 Å². The van der Waals surface area contributed by atoms with E-state index in [1.54, 1.807) is 26.2 Å². The van der Waals surface area contributed by atoms with E-state index in [0.717, 1.165) is 46.6 Å². The number of ether oxygens (including phenoxy) is 1. The summed E-state index contributed by atoms with van der Waals surface area (Å²) in [4.78, 5) is 21.5. The van der Waals surface area contributed by atoms with E-state index in [9.17, 15) is 4.79 Å². The molecule has 0 spiro atoms. The number of carbonyl (C=O) groups excluding carboxylic acids is 1. The molecule has 0 radical (unpaired) electrons. The molecule has 1 atom stereocenters. The smallest absolute Gasteiger partial charge is 0.217 e. The van der Waals surface area contributed by atoms with Crippen molar-refractivity contribution in [1.29, 1.82) is 0 Å². The Bertz CT molecular complexity index is 1610. The molecular formula is C27H28N6O3. The van der Waals surface area contributed by atoms with Gasteiger partial charge in [-0.3, -0.25) is 9.20 Å². The van der Waals surface area contributed by atoms with E-state index in [4.69, 9.17) is 19.1 Å². The van der Waals surface area contributed by atoms with Crippen LogP contribution in [0, 0.1) is 19.8 Å². The number of rotatable bonds is 8. The van der Waals surface area contributed by atoms with E-state index in [1.807, 2.05) is 11.3 Å². The number of aldehydes is 1. The van der Waals surface area contributed by atoms with Crippen molar-refractivity contribution in [3.8, 4) is 17.3 Å². The molecule has 0 bridgehead atoms. The fraction of sp³-hybridized carbons (Fsp3) is 0.370. The molecule has 1 unspecified atom stereocenters. The first-order valence-corrected chi connectivity index (χ1v) is 12.3. The molecule has 0 aliphatic heterocycles. The molecule has 9 nitrogen and oxygen atoms in total. The number of carbonyl (C=O) groups is 1. The largest absolute Gasteiger partial charge is 0.482 e. The molecule has 5 aromatic heterocycles. The van der Waals surface area contributed by atoms with E-state index in [2.05, 4.69) is 39.9 Å². The Morgan fingerprint density at radius 2 is 2.00 bits per heavy atom. The second-order valence-corrected chi connectivity index (χ2v) is 9.74. The van der Waals surface area contributed by atoms with Crippen molar-refractivity contribution in [2.45, 2.75) is 52.5 Å². The van der Waals surface area contributed by atoms with Gasteiger partial charge in [0, 0.05) is 48.5 Å². The average molecular weight is 485 g/mol. The lowest BCUT2D eigenvalue weighted by atomic mass is 10.0. The summed E-state index contributed by atoms with van der Waals surface area (Å²) in [5, 5.41) is 9.17. The van der Waals surface area contributed by atoms with Crippen molar-refractivity contribution in [3.63, 3.8) is 0 Å². The molecule has 1 aliphatic rings. The van der Waals surface area contributed by atoms with Crippen LogP contribution < -0.4 is 4.74 Å². The summed E-state index contributed by atoms with van der Waals surface area (Å²) < 4.78 is 15.4. The topological polar surface area (TPSA) is 100 Å². The molecule has 0 N–H and O–H groups in total. The van der Waals surface area contributed by atoms with E-state index in [1.165, 1.54) is 12.8 Å². The predicted octanol–water partition coefficient (Wildman–Crippen LogP) is 4.93. The van der Waals surface area contributed by atoms with Crippen LogP contribution in [0.25, 0.3) is 28.1 Å². The van der Waals surface area contributed by atoms with Gasteiger partial charge < -0.3 is 13.7 Å². The van der Waals surface area contributed by atoms with Gasteiger partial charge in [-0.1, -0.05) is 6.92 Å². The average Bonchev–Trinajstić information content (AvgIpc) is 3.37. The Morgan fingerprint density at radius 1 is 1.17 bits per heavy atom. The predicted molar refractivity (Wildman–Crippen MR) is 134 cm³/mol. The molecule has 6 rings (SSSR count). The molecule has 184 valence electrons. The molecule has 5 heterocycles. The summed E-state index contributed by atoms with van der Waals surface area (Å²) in [7, 11) is 1.61. The van der Waals surface area contributed by atoms with Gasteiger partial charge in [-0.25, -0.2) is 9.97 Å². The van der Waals surface area contributed by atoms with Crippen LogP contribution in [0.3, 0.4) is 0 Å². The summed E-state index contributed by atoms with van der Waals surface area (Å²) >= 11 is 0. The van der Waals surface area contributed by atoms with Crippen LogP contribution in [0.1, 0.15) is 59.2 Å². The summed E-state index contributed by atoms with van der Waals surface area (Å²) in [6.45, 7) is 6.86. The minimum absolute atomic E-state index is 0.130. The number of aryl methyl sites for hydroxylation is 2. The quantitative estimate of drug-likeness (QED) is 0.288. The van der Waals surface area contributed by atoms with Crippen molar-refractivity contribution < 1.29 is 13.9 Å². The first kappa shape index (κ1) is 22.5. The standard InChI is InChI=1S/C27H28N6O3/c1-15(9-24-31-30-17(3)36-24)21-8-7-20-12-22(32(27(20)28-21)13-18-5-6-18)26-16(2)33-23(29-26)10-19(14-34)11-25(33)35-4/h7-8,10-12,14-15,18H,5-6,9,13H2,1-4H3. The van der Waals surface area contributed by atoms with Crippen molar-refractivity contribution in [3.05, 3.63) is 59.1 Å². The van der Waals surface area contributed by atoms with Crippen LogP contribution in [0.4, 0.5) is 0 Å². The summed E-state index contributed by atoms with van der Waals surface area (Å²) in [5.74, 6) is 2.56. The van der Waals surface area contributed by atoms with Crippen molar-refractivity contribution in [2.24, 2.45) is 5.92 Å². The van der Waals surface area contributed by atoms with Crippen LogP contribution in [0.5, 0.6) is 5.88 Å². The van der Waals surface area contributed by atoms with Crippen LogP contribution in [-0.4, -0.2) is 42.5 Å². The van der Waals surface area contributed by atoms with Gasteiger partial charge >= 0.3 is 0 Å². The highest BCUT2D eigenvalue weighted by atomic mass is 16.5. The highest BCUT2D eigenvalue weighted by molar-refractivity contribution is 5.85. The molecule has 5 aromatic rings. The molecule has 1 aliphatic carbocycles. The fourth-order valence-electron chi connectivity index (χ4n) is 4.90. The Kier molecular flexibility index (Phi) is 5.35. The van der Waals surface area contributed by atoms with E-state index in [-0.39, 0.29) is 5.92 Å². The normalized spacial score (nSPS) is 14.6. The molecule has 36 heavy (non-hydrogen) atoms. The van der Waals surface area contributed by atoms with Gasteiger partial charge in [0.05, 0.1) is 18.5 Å². The Balaban J connectivity index is 1.47. The lowest BCUT2D eigenvalue weighted by Gasteiger charge is -2.12. The summed E-state index contributed by atoms with van der Waals surface area (Å²) in [6.07, 6.45) is 3.91. The van der Waals surface area contributed by atoms with Crippen molar-refractivity contribution >= 4 is 23.0 Å². The number of fused-ring (bicyclic) bond motifs is 2. The first-order chi connectivity index (χ1) is 17.4.